The number of aromatic nitrogens is 4. The Morgan fingerprint density at radius 1 is 1.73 bits per heavy atom. The summed E-state index contributed by atoms with van der Waals surface area (Å²) >= 11 is 2.90. The maximum Gasteiger partial charge on any atom is 0.321 e. The van der Waals surface area contributed by atoms with E-state index in [1.807, 2.05) is 0 Å². The van der Waals surface area contributed by atoms with E-state index in [-0.39, 0.29) is 0 Å². The monoisotopic (exact) mass is 246 g/mol. The Balaban J connectivity index is 2.21. The smallest absolute Gasteiger partial charge is 0.321 e. The maximum atomic E-state index is 11.2. The van der Waals surface area contributed by atoms with Gasteiger partial charge in [-0.05, 0) is 22.6 Å². The summed E-state index contributed by atoms with van der Waals surface area (Å²) in [5.74, 6) is 0.713. The molecule has 1 N–H and O–H groups in total. The topological polar surface area (TPSA) is 80.9 Å². The largest absolute Gasteiger partial charge is 0.480 e. The lowest BCUT2D eigenvalue weighted by Gasteiger charge is -2.20. The SMILES string of the molecule is Cn1nnnc1SC1(C(=O)O)CCSC1. The van der Waals surface area contributed by atoms with Crippen molar-refractivity contribution in [2.75, 3.05) is 11.5 Å². The second kappa shape index (κ2) is 4.01. The van der Waals surface area contributed by atoms with Crippen molar-refractivity contribution in [3.05, 3.63) is 0 Å². The van der Waals surface area contributed by atoms with Gasteiger partial charge in [-0.25, -0.2) is 4.68 Å². The number of hydrogen-bond donors (Lipinski definition) is 1. The molecule has 1 aromatic heterocycles. The summed E-state index contributed by atoms with van der Waals surface area (Å²) < 4.78 is 0.742. The first-order valence-corrected chi connectivity index (χ1v) is 6.34. The number of hydrogen-bond acceptors (Lipinski definition) is 6. The van der Waals surface area contributed by atoms with Crippen molar-refractivity contribution in [3.63, 3.8) is 0 Å². The molecule has 1 aliphatic heterocycles. The summed E-state index contributed by atoms with van der Waals surface area (Å²) in [6.07, 6.45) is 0.657. The van der Waals surface area contributed by atoms with Crippen LogP contribution in [0, 0.1) is 0 Å². The number of aryl methyl sites for hydroxylation is 1. The highest BCUT2D eigenvalue weighted by molar-refractivity contribution is 8.05. The Morgan fingerprint density at radius 2 is 2.53 bits per heavy atom. The molecule has 6 nitrogen and oxygen atoms in total. The highest BCUT2D eigenvalue weighted by Gasteiger charge is 2.44. The standard InChI is InChI=1S/C7H10N4O2S2/c1-11-6(8-9-10-11)15-7(5(12)13)2-3-14-4-7/h2-4H2,1H3,(H,12,13). The van der Waals surface area contributed by atoms with E-state index in [1.165, 1.54) is 16.4 Å². The molecule has 1 aliphatic rings. The van der Waals surface area contributed by atoms with Gasteiger partial charge in [0, 0.05) is 12.8 Å². The summed E-state index contributed by atoms with van der Waals surface area (Å²) in [6.45, 7) is 0. The number of carbonyl (C=O) groups is 1. The highest BCUT2D eigenvalue weighted by Crippen LogP contribution is 2.42. The molecule has 0 amide bonds. The van der Waals surface area contributed by atoms with Crippen molar-refractivity contribution in [3.8, 4) is 0 Å². The summed E-state index contributed by atoms with van der Waals surface area (Å²) in [5.41, 5.74) is 0. The summed E-state index contributed by atoms with van der Waals surface area (Å²) in [4.78, 5) is 11.2. The summed E-state index contributed by atoms with van der Waals surface area (Å²) in [7, 11) is 1.71. The molecule has 15 heavy (non-hydrogen) atoms. The number of thioether (sulfide) groups is 2. The lowest BCUT2D eigenvalue weighted by Crippen LogP contribution is -2.35. The number of rotatable bonds is 3. The summed E-state index contributed by atoms with van der Waals surface area (Å²) in [5, 5.41) is 20.8. The zero-order valence-corrected chi connectivity index (χ0v) is 9.72. The van der Waals surface area contributed by atoms with Gasteiger partial charge < -0.3 is 5.11 Å². The van der Waals surface area contributed by atoms with E-state index >= 15 is 0 Å². The molecular formula is C7H10N4O2S2. The van der Waals surface area contributed by atoms with Crippen LogP contribution in [0.2, 0.25) is 0 Å². The molecule has 1 fully saturated rings. The van der Waals surface area contributed by atoms with Gasteiger partial charge in [0.25, 0.3) is 0 Å². The van der Waals surface area contributed by atoms with Gasteiger partial charge in [-0.1, -0.05) is 11.8 Å². The molecule has 1 unspecified atom stereocenters. The summed E-state index contributed by atoms with van der Waals surface area (Å²) in [6, 6.07) is 0. The molecule has 0 radical (unpaired) electrons. The molecule has 2 rings (SSSR count). The van der Waals surface area contributed by atoms with Crippen molar-refractivity contribution in [2.45, 2.75) is 16.3 Å². The van der Waals surface area contributed by atoms with Crippen molar-refractivity contribution >= 4 is 29.5 Å². The normalized spacial score (nSPS) is 25.7. The predicted octanol–water partition coefficient (Wildman–Crippen LogP) is 0.262. The van der Waals surface area contributed by atoms with Gasteiger partial charge in [0.2, 0.25) is 5.16 Å². The third-order valence-corrected chi connectivity index (χ3v) is 5.06. The predicted molar refractivity (Wildman–Crippen MR) is 57.0 cm³/mol. The third-order valence-electron chi connectivity index (χ3n) is 2.24. The van der Waals surface area contributed by atoms with Crippen molar-refractivity contribution in [1.82, 2.24) is 20.2 Å². The maximum absolute atomic E-state index is 11.2. The first-order chi connectivity index (χ1) is 7.14. The van der Waals surface area contributed by atoms with Crippen molar-refractivity contribution in [2.24, 2.45) is 7.05 Å². The molecule has 2 heterocycles. The second-order valence-electron chi connectivity index (χ2n) is 3.29. The quantitative estimate of drug-likeness (QED) is 0.819. The Bertz CT molecular complexity index is 375. The van der Waals surface area contributed by atoms with Gasteiger partial charge in [-0.2, -0.15) is 11.8 Å². The lowest BCUT2D eigenvalue weighted by atomic mass is 10.1. The Labute approximate surface area is 94.8 Å². The minimum atomic E-state index is -0.777. The van der Waals surface area contributed by atoms with E-state index in [0.29, 0.717) is 17.3 Å². The van der Waals surface area contributed by atoms with Gasteiger partial charge in [0.15, 0.2) is 0 Å². The van der Waals surface area contributed by atoms with Gasteiger partial charge >= 0.3 is 5.97 Å². The first kappa shape index (κ1) is 10.7. The fourth-order valence-electron chi connectivity index (χ4n) is 1.32. The number of aliphatic carboxylic acids is 1. The van der Waals surface area contributed by atoms with Crippen LogP contribution in [-0.4, -0.2) is 47.5 Å². The van der Waals surface area contributed by atoms with Gasteiger partial charge in [0.05, 0.1) is 0 Å². The van der Waals surface area contributed by atoms with Gasteiger partial charge in [0.1, 0.15) is 4.75 Å². The zero-order chi connectivity index (χ0) is 10.9. The second-order valence-corrected chi connectivity index (χ2v) is 5.75. The van der Waals surface area contributed by atoms with Crippen LogP contribution in [0.3, 0.4) is 0 Å². The van der Waals surface area contributed by atoms with Crippen LogP contribution >= 0.6 is 23.5 Å². The van der Waals surface area contributed by atoms with E-state index in [4.69, 9.17) is 0 Å². The van der Waals surface area contributed by atoms with Crippen LogP contribution in [0.25, 0.3) is 0 Å². The molecule has 0 aliphatic carbocycles. The van der Waals surface area contributed by atoms with Gasteiger partial charge in [-0.3, -0.25) is 4.79 Å². The Morgan fingerprint density at radius 3 is 3.00 bits per heavy atom. The van der Waals surface area contributed by atoms with Crippen LogP contribution < -0.4 is 0 Å². The fourth-order valence-corrected chi connectivity index (χ4v) is 4.06. The Kier molecular flexibility index (Phi) is 2.87. The molecule has 0 spiro atoms. The molecule has 1 aromatic rings. The van der Waals surface area contributed by atoms with Crippen LogP contribution in [0.15, 0.2) is 5.16 Å². The van der Waals surface area contributed by atoms with Crippen molar-refractivity contribution in [1.29, 1.82) is 0 Å². The van der Waals surface area contributed by atoms with E-state index < -0.39 is 10.7 Å². The van der Waals surface area contributed by atoms with E-state index in [0.717, 1.165) is 5.75 Å². The highest BCUT2D eigenvalue weighted by atomic mass is 32.2. The van der Waals surface area contributed by atoms with E-state index in [1.54, 1.807) is 18.8 Å². The Hall–Kier alpha value is -0.760. The average molecular weight is 246 g/mol. The van der Waals surface area contributed by atoms with Crippen LogP contribution in [0.1, 0.15) is 6.42 Å². The number of nitrogens with zero attached hydrogens (tertiary/aromatic N) is 4. The molecule has 82 valence electrons. The molecule has 0 aromatic carbocycles. The molecule has 0 saturated carbocycles. The van der Waals surface area contributed by atoms with E-state index in [2.05, 4.69) is 15.5 Å². The zero-order valence-electron chi connectivity index (χ0n) is 8.08. The van der Waals surface area contributed by atoms with Crippen LogP contribution in [-0.2, 0) is 11.8 Å². The minimum Gasteiger partial charge on any atom is -0.480 e. The van der Waals surface area contributed by atoms with Crippen LogP contribution in [0.4, 0.5) is 0 Å². The first-order valence-electron chi connectivity index (χ1n) is 4.36. The van der Waals surface area contributed by atoms with Crippen molar-refractivity contribution < 1.29 is 9.90 Å². The lowest BCUT2D eigenvalue weighted by molar-refractivity contribution is -0.139. The molecule has 1 atom stereocenters. The number of carboxylic acid groups (broad SMARTS) is 1. The molecule has 1 saturated heterocycles. The molecule has 8 heteroatoms. The fraction of sp³-hybridized carbons (Fsp3) is 0.714. The minimum absolute atomic E-state index is 0.555. The number of tetrazole rings is 1. The molecule has 0 bridgehead atoms. The van der Waals surface area contributed by atoms with Crippen LogP contribution in [0.5, 0.6) is 0 Å². The van der Waals surface area contributed by atoms with Gasteiger partial charge in [-0.15, -0.1) is 5.10 Å². The molecular weight excluding hydrogens is 236 g/mol. The third kappa shape index (κ3) is 1.96. The number of carboxylic acids is 1. The average Bonchev–Trinajstić information content (AvgIpc) is 2.78. The van der Waals surface area contributed by atoms with E-state index in [9.17, 15) is 9.90 Å².